The second-order valence-electron chi connectivity index (χ2n) is 10.7. The fourth-order valence-electron chi connectivity index (χ4n) is 5.82. The first-order valence-corrected chi connectivity index (χ1v) is 13.0. The molecule has 2 aromatic heterocycles. The van der Waals surface area contributed by atoms with Crippen LogP contribution in [0.3, 0.4) is 0 Å². The van der Waals surface area contributed by atoms with Crippen LogP contribution in [0.5, 0.6) is 0 Å². The second-order valence-corrected chi connectivity index (χ2v) is 10.7. The Bertz CT molecular complexity index is 1190. The zero-order valence-corrected chi connectivity index (χ0v) is 21.5. The summed E-state index contributed by atoms with van der Waals surface area (Å²) in [4.78, 5) is 36.4. The van der Waals surface area contributed by atoms with Gasteiger partial charge in [0.15, 0.2) is 11.3 Å². The van der Waals surface area contributed by atoms with E-state index in [9.17, 15) is 9.59 Å². The number of amides is 1. The van der Waals surface area contributed by atoms with E-state index in [4.69, 9.17) is 4.74 Å². The van der Waals surface area contributed by atoms with Crippen molar-refractivity contribution in [3.8, 4) is 0 Å². The number of likely N-dealkylation sites (tertiary alicyclic amines) is 2. The lowest BCUT2D eigenvalue weighted by Crippen LogP contribution is -2.54. The number of carbonyl (C=O) groups is 1. The maximum Gasteiger partial charge on any atom is 0.330 e. The fraction of sp³-hybridized carbons (Fsp3) is 0.654. The van der Waals surface area contributed by atoms with Crippen LogP contribution in [0.1, 0.15) is 38.1 Å². The first-order valence-electron chi connectivity index (χ1n) is 13.0. The topological polar surface area (TPSA) is 75.8 Å². The van der Waals surface area contributed by atoms with E-state index >= 15 is 4.39 Å². The summed E-state index contributed by atoms with van der Waals surface area (Å²) in [6, 6.07) is 3.66. The molecule has 0 bridgehead atoms. The van der Waals surface area contributed by atoms with Gasteiger partial charge in [0, 0.05) is 71.3 Å². The number of imidazole rings is 1. The zero-order chi connectivity index (χ0) is 25.4. The molecule has 10 heteroatoms. The number of nitrogens with zero attached hydrogens (tertiary/aromatic N) is 6. The van der Waals surface area contributed by atoms with E-state index in [-0.39, 0.29) is 30.7 Å². The molecule has 5 heterocycles. The Hall–Kier alpha value is -2.72. The normalized spacial score (nSPS) is 23.3. The predicted molar refractivity (Wildman–Crippen MR) is 135 cm³/mol. The molecule has 0 aromatic carbocycles. The number of halogens is 1. The van der Waals surface area contributed by atoms with Gasteiger partial charge in [0.05, 0.1) is 12.1 Å². The molecular formula is C26H37FN6O3. The highest BCUT2D eigenvalue weighted by Gasteiger charge is 2.45. The van der Waals surface area contributed by atoms with Gasteiger partial charge in [-0.15, -0.1) is 0 Å². The number of alkyl halides is 1. The summed E-state index contributed by atoms with van der Waals surface area (Å²) in [5.74, 6) is 0.609. The van der Waals surface area contributed by atoms with Crippen LogP contribution in [-0.4, -0.2) is 99.9 Å². The molecule has 9 nitrogen and oxygen atoms in total. The Morgan fingerprint density at radius 1 is 1.22 bits per heavy atom. The van der Waals surface area contributed by atoms with E-state index in [2.05, 4.69) is 20.9 Å². The van der Waals surface area contributed by atoms with Crippen molar-refractivity contribution in [2.24, 2.45) is 7.05 Å². The van der Waals surface area contributed by atoms with Crippen molar-refractivity contribution < 1.29 is 13.9 Å². The van der Waals surface area contributed by atoms with Crippen LogP contribution < -0.4 is 5.69 Å². The number of aromatic nitrogens is 3. The van der Waals surface area contributed by atoms with Crippen LogP contribution in [0.15, 0.2) is 35.0 Å². The lowest BCUT2D eigenvalue weighted by atomic mass is 9.90. The Morgan fingerprint density at radius 3 is 2.64 bits per heavy atom. The molecule has 1 unspecified atom stereocenters. The quantitative estimate of drug-likeness (QED) is 0.604. The fourth-order valence-corrected chi connectivity index (χ4v) is 5.82. The Balaban J connectivity index is 1.13. The number of fused-ring (bicyclic) bond motifs is 1. The highest BCUT2D eigenvalue weighted by molar-refractivity contribution is 5.85. The monoisotopic (exact) mass is 500 g/mol. The van der Waals surface area contributed by atoms with Crippen LogP contribution in [0.4, 0.5) is 4.39 Å². The van der Waals surface area contributed by atoms with Crippen molar-refractivity contribution in [1.82, 2.24) is 28.8 Å². The number of aryl methyl sites for hydroxylation is 1. The van der Waals surface area contributed by atoms with E-state index in [0.29, 0.717) is 44.7 Å². The van der Waals surface area contributed by atoms with Gasteiger partial charge in [0.25, 0.3) is 5.91 Å². The lowest BCUT2D eigenvalue weighted by molar-refractivity contribution is -0.149. The number of ether oxygens (including phenoxy) is 1. The number of piperidine rings is 2. The van der Waals surface area contributed by atoms with Gasteiger partial charge in [0.1, 0.15) is 11.9 Å². The third-order valence-electron chi connectivity index (χ3n) is 7.86. The van der Waals surface area contributed by atoms with Gasteiger partial charge >= 0.3 is 5.69 Å². The lowest BCUT2D eigenvalue weighted by Gasteiger charge is -2.40. The standard InChI is InChI=1S/C26H37FN6O3/c1-29(2)17-20-6-7-21(36-20)18-31-15-10-26(27,11-16-31)24(34)32-13-8-19(9-14-32)33-23-22(5-4-12-28-23)30(3)25(33)35/h4-6,12,19,21H,7-11,13-18H2,1-3H3. The summed E-state index contributed by atoms with van der Waals surface area (Å²) in [6.07, 6.45) is 6.47. The average Bonchev–Trinajstić information content (AvgIpc) is 3.41. The predicted octanol–water partition coefficient (Wildman–Crippen LogP) is 1.94. The van der Waals surface area contributed by atoms with Crippen LogP contribution in [-0.2, 0) is 16.6 Å². The number of hydrogen-bond donors (Lipinski definition) is 0. The molecule has 0 N–H and O–H groups in total. The van der Waals surface area contributed by atoms with E-state index in [1.165, 1.54) is 0 Å². The third kappa shape index (κ3) is 4.80. The molecule has 1 atom stereocenters. The van der Waals surface area contributed by atoms with Gasteiger partial charge in [-0.25, -0.2) is 14.2 Å². The maximum absolute atomic E-state index is 15.8. The van der Waals surface area contributed by atoms with Gasteiger partial charge < -0.3 is 14.5 Å². The molecule has 2 saturated heterocycles. The minimum absolute atomic E-state index is 0.0463. The summed E-state index contributed by atoms with van der Waals surface area (Å²) in [5, 5.41) is 0. The number of pyridine rings is 1. The molecule has 3 aliphatic heterocycles. The average molecular weight is 501 g/mol. The molecule has 36 heavy (non-hydrogen) atoms. The van der Waals surface area contributed by atoms with Crippen LogP contribution in [0.25, 0.3) is 11.2 Å². The molecule has 5 rings (SSSR count). The number of hydrogen-bond acceptors (Lipinski definition) is 6. The van der Waals surface area contributed by atoms with Gasteiger partial charge in [-0.3, -0.25) is 18.8 Å². The van der Waals surface area contributed by atoms with Crippen molar-refractivity contribution >= 4 is 17.1 Å². The van der Waals surface area contributed by atoms with Crippen molar-refractivity contribution in [3.63, 3.8) is 0 Å². The number of likely N-dealkylation sites (N-methyl/N-ethyl adjacent to an activating group) is 1. The summed E-state index contributed by atoms with van der Waals surface area (Å²) >= 11 is 0. The number of carbonyl (C=O) groups excluding carboxylic acids is 1. The van der Waals surface area contributed by atoms with E-state index in [1.807, 2.05) is 26.2 Å². The van der Waals surface area contributed by atoms with Crippen LogP contribution in [0, 0.1) is 0 Å². The number of rotatable bonds is 6. The van der Waals surface area contributed by atoms with Gasteiger partial charge in [-0.2, -0.15) is 0 Å². The highest BCUT2D eigenvalue weighted by Crippen LogP contribution is 2.32. The Kier molecular flexibility index (Phi) is 6.91. The molecule has 2 fully saturated rings. The van der Waals surface area contributed by atoms with Crippen molar-refractivity contribution in [2.45, 2.75) is 49.9 Å². The summed E-state index contributed by atoms with van der Waals surface area (Å²) < 4.78 is 25.2. The molecule has 0 spiro atoms. The second kappa shape index (κ2) is 9.97. The zero-order valence-electron chi connectivity index (χ0n) is 21.5. The molecule has 2 aromatic rings. The maximum atomic E-state index is 15.8. The van der Waals surface area contributed by atoms with Crippen molar-refractivity contribution in [3.05, 3.63) is 40.6 Å². The van der Waals surface area contributed by atoms with Crippen LogP contribution >= 0.6 is 0 Å². The van der Waals surface area contributed by atoms with Crippen LogP contribution in [0.2, 0.25) is 0 Å². The minimum Gasteiger partial charge on any atom is -0.492 e. The summed E-state index contributed by atoms with van der Waals surface area (Å²) in [7, 11) is 5.78. The van der Waals surface area contributed by atoms with Crippen molar-refractivity contribution in [1.29, 1.82) is 0 Å². The molecular weight excluding hydrogens is 463 g/mol. The van der Waals surface area contributed by atoms with Gasteiger partial charge in [-0.1, -0.05) is 0 Å². The molecule has 3 aliphatic rings. The SMILES string of the molecule is CN(C)CC1=CCC(CN2CCC(F)(C(=O)N3CCC(n4c(=O)n(C)c5cccnc54)CC3)CC2)O1. The molecule has 1 amide bonds. The van der Waals surface area contributed by atoms with E-state index in [1.54, 1.807) is 27.3 Å². The molecule has 0 radical (unpaired) electrons. The van der Waals surface area contributed by atoms with Gasteiger partial charge in [-0.05, 0) is 45.1 Å². The summed E-state index contributed by atoms with van der Waals surface area (Å²) in [6.45, 7) is 3.56. The Labute approximate surface area is 211 Å². The first kappa shape index (κ1) is 25.0. The molecule has 0 saturated carbocycles. The van der Waals surface area contributed by atoms with Gasteiger partial charge in [0.2, 0.25) is 0 Å². The summed E-state index contributed by atoms with van der Waals surface area (Å²) in [5.41, 5.74) is -0.452. The highest BCUT2D eigenvalue weighted by atomic mass is 19.1. The smallest absolute Gasteiger partial charge is 0.330 e. The Morgan fingerprint density at radius 2 is 1.94 bits per heavy atom. The molecule has 196 valence electrons. The minimum atomic E-state index is -1.81. The third-order valence-corrected chi connectivity index (χ3v) is 7.86. The van der Waals surface area contributed by atoms with Crippen molar-refractivity contribution in [2.75, 3.05) is 53.4 Å². The van der Waals surface area contributed by atoms with E-state index in [0.717, 1.165) is 30.8 Å². The molecule has 0 aliphatic carbocycles. The first-order chi connectivity index (χ1) is 17.2. The largest absolute Gasteiger partial charge is 0.492 e. The van der Waals surface area contributed by atoms with E-state index < -0.39 is 11.6 Å².